The summed E-state index contributed by atoms with van der Waals surface area (Å²) in [6.45, 7) is 7.35. The van der Waals surface area contributed by atoms with Gasteiger partial charge in [-0.3, -0.25) is 9.20 Å². The second-order valence-corrected chi connectivity index (χ2v) is 8.88. The number of halogens is 1. The minimum absolute atomic E-state index is 0.180. The Morgan fingerprint density at radius 1 is 1.32 bits per heavy atom. The Morgan fingerprint density at radius 3 is 2.41 bits per heavy atom. The van der Waals surface area contributed by atoms with E-state index < -0.39 is 10.8 Å². The Labute approximate surface area is 141 Å². The van der Waals surface area contributed by atoms with Crippen molar-refractivity contribution in [1.29, 1.82) is 0 Å². The van der Waals surface area contributed by atoms with Gasteiger partial charge >= 0.3 is 0 Å². The molecular weight excluding hydrogens is 318 g/mol. The van der Waals surface area contributed by atoms with Gasteiger partial charge in [0.25, 0.3) is 0 Å². The van der Waals surface area contributed by atoms with Crippen molar-refractivity contribution < 1.29 is 4.21 Å². The minimum atomic E-state index is -0.860. The lowest BCUT2D eigenvalue weighted by atomic mass is 10.2. The van der Waals surface area contributed by atoms with Gasteiger partial charge in [-0.15, -0.1) is 0 Å². The molecule has 0 aliphatic rings. The normalized spacial score (nSPS) is 13.8. The third-order valence-corrected chi connectivity index (χ3v) is 5.35. The molecule has 0 aliphatic heterocycles. The number of nitrogens with zero attached hydrogens (tertiary/aromatic N) is 2. The van der Waals surface area contributed by atoms with Crippen LogP contribution >= 0.6 is 11.6 Å². The van der Waals surface area contributed by atoms with E-state index in [4.69, 9.17) is 11.6 Å². The Hall–Kier alpha value is -1.07. The third kappa shape index (κ3) is 6.36. The molecule has 0 heterocycles. The molecule has 0 aromatic heterocycles. The number of aliphatic imine (C=N–C) groups is 1. The number of hydrogen-bond donors (Lipinski definition) is 1. The number of hydrogen-bond acceptors (Lipinski definition) is 2. The minimum Gasteiger partial charge on any atom is -0.355 e. The SMILES string of the molecule is CN=C(NCCS(=O)C(C)(C)C)N(C)Cc1ccc(Cl)cc1. The van der Waals surface area contributed by atoms with E-state index in [1.54, 1.807) is 7.05 Å². The van der Waals surface area contributed by atoms with Crippen LogP contribution in [0.2, 0.25) is 5.02 Å². The van der Waals surface area contributed by atoms with Gasteiger partial charge in [0.1, 0.15) is 0 Å². The predicted molar refractivity (Wildman–Crippen MR) is 97.0 cm³/mol. The monoisotopic (exact) mass is 343 g/mol. The van der Waals surface area contributed by atoms with Gasteiger partial charge in [-0.1, -0.05) is 23.7 Å². The smallest absolute Gasteiger partial charge is 0.193 e. The summed E-state index contributed by atoms with van der Waals surface area (Å²) in [4.78, 5) is 6.30. The summed E-state index contributed by atoms with van der Waals surface area (Å²) >= 11 is 5.89. The summed E-state index contributed by atoms with van der Waals surface area (Å²) in [5.41, 5.74) is 1.16. The van der Waals surface area contributed by atoms with Crippen LogP contribution in [0.15, 0.2) is 29.3 Å². The topological polar surface area (TPSA) is 44.7 Å². The van der Waals surface area contributed by atoms with Crippen LogP contribution in [0.1, 0.15) is 26.3 Å². The fourth-order valence-electron chi connectivity index (χ4n) is 1.89. The van der Waals surface area contributed by atoms with E-state index in [0.717, 1.165) is 23.1 Å². The zero-order chi connectivity index (χ0) is 16.8. The molecule has 0 amide bonds. The molecular formula is C16H26ClN3OS. The van der Waals surface area contributed by atoms with Crippen molar-refractivity contribution in [2.75, 3.05) is 26.4 Å². The fraction of sp³-hybridized carbons (Fsp3) is 0.562. The van der Waals surface area contributed by atoms with Crippen LogP contribution in [0.4, 0.5) is 0 Å². The molecule has 0 aliphatic carbocycles. The van der Waals surface area contributed by atoms with E-state index in [2.05, 4.69) is 10.3 Å². The highest BCUT2D eigenvalue weighted by Gasteiger charge is 2.19. The molecule has 1 rings (SSSR count). The lowest BCUT2D eigenvalue weighted by Gasteiger charge is -2.23. The fourth-order valence-corrected chi connectivity index (χ4v) is 2.91. The molecule has 0 bridgehead atoms. The maximum absolute atomic E-state index is 12.0. The van der Waals surface area contributed by atoms with E-state index in [9.17, 15) is 4.21 Å². The van der Waals surface area contributed by atoms with E-state index >= 15 is 0 Å². The number of rotatable bonds is 5. The van der Waals surface area contributed by atoms with Crippen LogP contribution in [-0.4, -0.2) is 46.2 Å². The lowest BCUT2D eigenvalue weighted by Crippen LogP contribution is -2.41. The zero-order valence-corrected chi connectivity index (χ0v) is 15.6. The molecule has 0 spiro atoms. The third-order valence-electron chi connectivity index (χ3n) is 3.16. The second kappa shape index (κ2) is 8.53. The van der Waals surface area contributed by atoms with Crippen LogP contribution < -0.4 is 5.32 Å². The molecule has 6 heteroatoms. The molecule has 0 saturated heterocycles. The van der Waals surface area contributed by atoms with Gasteiger partial charge in [0, 0.05) is 53.5 Å². The predicted octanol–water partition coefficient (Wildman–Crippen LogP) is 2.89. The quantitative estimate of drug-likeness (QED) is 0.660. The van der Waals surface area contributed by atoms with Crippen LogP contribution in [0, 0.1) is 0 Å². The maximum Gasteiger partial charge on any atom is 0.193 e. The van der Waals surface area contributed by atoms with Crippen LogP contribution in [0.25, 0.3) is 0 Å². The van der Waals surface area contributed by atoms with Crippen LogP contribution in [-0.2, 0) is 17.3 Å². The van der Waals surface area contributed by atoms with Gasteiger partial charge in [-0.05, 0) is 38.5 Å². The summed E-state index contributed by atoms with van der Waals surface area (Å²) in [7, 11) is 2.87. The first-order valence-corrected chi connectivity index (χ1v) is 8.98. The molecule has 4 nitrogen and oxygen atoms in total. The largest absolute Gasteiger partial charge is 0.355 e. The van der Waals surface area contributed by atoms with Gasteiger partial charge in [0.2, 0.25) is 0 Å². The lowest BCUT2D eigenvalue weighted by molar-refractivity contribution is 0.479. The number of guanidine groups is 1. The van der Waals surface area contributed by atoms with E-state index in [1.807, 2.05) is 57.0 Å². The van der Waals surface area contributed by atoms with E-state index in [0.29, 0.717) is 12.3 Å². The Balaban J connectivity index is 2.50. The van der Waals surface area contributed by atoms with Gasteiger partial charge < -0.3 is 10.2 Å². The highest BCUT2D eigenvalue weighted by molar-refractivity contribution is 7.86. The second-order valence-electron chi connectivity index (χ2n) is 6.12. The highest BCUT2D eigenvalue weighted by atomic mass is 35.5. The zero-order valence-electron chi connectivity index (χ0n) is 14.0. The molecule has 1 N–H and O–H groups in total. The molecule has 0 fully saturated rings. The molecule has 22 heavy (non-hydrogen) atoms. The molecule has 1 atom stereocenters. The number of nitrogens with one attached hydrogen (secondary N) is 1. The van der Waals surface area contributed by atoms with Crippen molar-refractivity contribution in [2.24, 2.45) is 4.99 Å². The summed E-state index contributed by atoms with van der Waals surface area (Å²) in [5, 5.41) is 4.00. The molecule has 1 unspecified atom stereocenters. The molecule has 1 aromatic rings. The van der Waals surface area contributed by atoms with E-state index in [-0.39, 0.29) is 4.75 Å². The average molecular weight is 344 g/mol. The summed E-state index contributed by atoms with van der Waals surface area (Å²) in [5.74, 6) is 1.40. The maximum atomic E-state index is 12.0. The molecule has 1 aromatic carbocycles. The summed E-state index contributed by atoms with van der Waals surface area (Å²) in [6.07, 6.45) is 0. The standard InChI is InChI=1S/C16H26ClN3OS/c1-16(2,3)22(21)11-10-19-15(18-4)20(5)12-13-6-8-14(17)9-7-13/h6-9H,10-12H2,1-5H3,(H,18,19). The summed E-state index contributed by atoms with van der Waals surface area (Å²) < 4.78 is 11.9. The van der Waals surface area contributed by atoms with Crippen LogP contribution in [0.3, 0.4) is 0 Å². The molecule has 124 valence electrons. The van der Waals surface area contributed by atoms with Crippen molar-refractivity contribution in [2.45, 2.75) is 32.1 Å². The first kappa shape index (κ1) is 19.0. The van der Waals surface area contributed by atoms with Crippen molar-refractivity contribution in [3.63, 3.8) is 0 Å². The van der Waals surface area contributed by atoms with Crippen molar-refractivity contribution in [3.8, 4) is 0 Å². The van der Waals surface area contributed by atoms with Crippen molar-refractivity contribution >= 4 is 28.4 Å². The van der Waals surface area contributed by atoms with Crippen LogP contribution in [0.5, 0.6) is 0 Å². The average Bonchev–Trinajstić information content (AvgIpc) is 2.44. The Kier molecular flexibility index (Phi) is 7.36. The van der Waals surface area contributed by atoms with Crippen molar-refractivity contribution in [1.82, 2.24) is 10.2 Å². The van der Waals surface area contributed by atoms with Gasteiger partial charge in [-0.25, -0.2) is 0 Å². The molecule has 0 radical (unpaired) electrons. The molecule has 0 saturated carbocycles. The van der Waals surface area contributed by atoms with E-state index in [1.165, 1.54) is 0 Å². The first-order chi connectivity index (χ1) is 10.2. The van der Waals surface area contributed by atoms with Crippen molar-refractivity contribution in [3.05, 3.63) is 34.9 Å². The highest BCUT2D eigenvalue weighted by Crippen LogP contribution is 2.12. The van der Waals surface area contributed by atoms with Gasteiger partial charge in [0.15, 0.2) is 5.96 Å². The number of benzene rings is 1. The summed E-state index contributed by atoms with van der Waals surface area (Å²) in [6, 6.07) is 7.77. The van der Waals surface area contributed by atoms with Gasteiger partial charge in [-0.2, -0.15) is 0 Å². The van der Waals surface area contributed by atoms with Gasteiger partial charge in [0.05, 0.1) is 0 Å². The Bertz CT molecular complexity index is 523. The Morgan fingerprint density at radius 2 is 1.91 bits per heavy atom. The first-order valence-electron chi connectivity index (χ1n) is 7.28.